The number of nitrogens with zero attached hydrogens (tertiary/aromatic N) is 3. The van der Waals surface area contributed by atoms with Crippen LogP contribution in [0.5, 0.6) is 11.5 Å². The largest absolute Gasteiger partial charge is 0.454 e. The van der Waals surface area contributed by atoms with Crippen LogP contribution in [0.2, 0.25) is 0 Å². The molecule has 2 atom stereocenters. The number of hydrogen-bond acceptors (Lipinski definition) is 5. The van der Waals surface area contributed by atoms with Gasteiger partial charge in [-0.1, -0.05) is 42.5 Å². The molecule has 2 aliphatic rings. The fraction of sp³-hybridized carbons (Fsp3) is 0.296. The van der Waals surface area contributed by atoms with Gasteiger partial charge in [0.1, 0.15) is 0 Å². The second kappa shape index (κ2) is 9.66. The van der Waals surface area contributed by atoms with E-state index in [0.29, 0.717) is 36.8 Å². The van der Waals surface area contributed by atoms with Crippen LogP contribution in [0, 0.1) is 11.8 Å². The normalized spacial score (nSPS) is 18.3. The molecule has 2 aromatic carbocycles. The number of rotatable bonds is 6. The van der Waals surface area contributed by atoms with Crippen molar-refractivity contribution in [3.05, 3.63) is 72.4 Å². The number of allylic oxidation sites excluding steroid dienone is 2. The van der Waals surface area contributed by atoms with Gasteiger partial charge in [0.25, 0.3) is 0 Å². The molecular formula is C27H28N4O4. The van der Waals surface area contributed by atoms with Crippen molar-refractivity contribution < 1.29 is 19.1 Å². The molecule has 35 heavy (non-hydrogen) atoms. The summed E-state index contributed by atoms with van der Waals surface area (Å²) in [6.07, 6.45) is 6.73. The number of hydrogen-bond donors (Lipinski definition) is 1. The molecule has 180 valence electrons. The maximum Gasteiger partial charge on any atom is 0.231 e. The van der Waals surface area contributed by atoms with Crippen molar-refractivity contribution in [1.29, 1.82) is 0 Å². The maximum atomic E-state index is 13.3. The number of carbonyl (C=O) groups is 2. The SMILES string of the molecule is CN(Cc1ccccc1)C(=O)C1CC=CCC1C(=O)Nc1ncc(-c2ccc3c(c2)OCO3)n1C. The molecule has 2 amide bonds. The highest BCUT2D eigenvalue weighted by atomic mass is 16.7. The number of nitrogens with one attached hydrogen (secondary N) is 1. The topological polar surface area (TPSA) is 85.7 Å². The summed E-state index contributed by atoms with van der Waals surface area (Å²) in [5.74, 6) is 0.720. The average molecular weight is 473 g/mol. The highest BCUT2D eigenvalue weighted by molar-refractivity contribution is 5.95. The van der Waals surface area contributed by atoms with Crippen LogP contribution >= 0.6 is 0 Å². The number of ether oxygens (including phenoxy) is 2. The Hall–Kier alpha value is -4.07. The molecule has 1 aliphatic heterocycles. The van der Waals surface area contributed by atoms with Gasteiger partial charge in [-0.3, -0.25) is 14.9 Å². The highest BCUT2D eigenvalue weighted by Gasteiger charge is 2.36. The van der Waals surface area contributed by atoms with Crippen LogP contribution in [0.25, 0.3) is 11.3 Å². The Labute approximate surface area is 204 Å². The van der Waals surface area contributed by atoms with Gasteiger partial charge in [0.2, 0.25) is 24.6 Å². The molecule has 1 aliphatic carbocycles. The van der Waals surface area contributed by atoms with Gasteiger partial charge in [-0.05, 0) is 36.6 Å². The second-order valence-electron chi connectivity index (χ2n) is 8.92. The monoisotopic (exact) mass is 472 g/mol. The number of fused-ring (bicyclic) bond motifs is 1. The highest BCUT2D eigenvalue weighted by Crippen LogP contribution is 2.36. The molecule has 0 saturated carbocycles. The zero-order chi connectivity index (χ0) is 24.4. The molecule has 0 saturated heterocycles. The van der Waals surface area contributed by atoms with Crippen LogP contribution in [0.15, 0.2) is 66.9 Å². The number of aromatic nitrogens is 2. The Balaban J connectivity index is 1.29. The zero-order valence-electron chi connectivity index (χ0n) is 19.8. The lowest BCUT2D eigenvalue weighted by Gasteiger charge is -2.30. The predicted octanol–water partition coefficient (Wildman–Crippen LogP) is 4.00. The van der Waals surface area contributed by atoms with E-state index in [0.717, 1.165) is 16.8 Å². The predicted molar refractivity (Wildman–Crippen MR) is 132 cm³/mol. The summed E-state index contributed by atoms with van der Waals surface area (Å²) in [4.78, 5) is 32.7. The third-order valence-electron chi connectivity index (χ3n) is 6.62. The molecule has 8 nitrogen and oxygen atoms in total. The van der Waals surface area contributed by atoms with Crippen molar-refractivity contribution in [3.8, 4) is 22.8 Å². The molecule has 1 N–H and O–H groups in total. The summed E-state index contributed by atoms with van der Waals surface area (Å²) in [5, 5.41) is 2.95. The van der Waals surface area contributed by atoms with Gasteiger partial charge < -0.3 is 18.9 Å². The van der Waals surface area contributed by atoms with Gasteiger partial charge in [0.15, 0.2) is 11.5 Å². The van der Waals surface area contributed by atoms with Gasteiger partial charge in [-0.15, -0.1) is 0 Å². The van der Waals surface area contributed by atoms with Crippen LogP contribution in [0.3, 0.4) is 0 Å². The van der Waals surface area contributed by atoms with Crippen LogP contribution in [0.1, 0.15) is 18.4 Å². The van der Waals surface area contributed by atoms with E-state index in [4.69, 9.17) is 9.47 Å². The van der Waals surface area contributed by atoms with Crippen molar-refractivity contribution in [2.24, 2.45) is 18.9 Å². The first-order valence-electron chi connectivity index (χ1n) is 11.7. The first-order valence-corrected chi connectivity index (χ1v) is 11.7. The van der Waals surface area contributed by atoms with Crippen molar-refractivity contribution in [1.82, 2.24) is 14.5 Å². The summed E-state index contributed by atoms with van der Waals surface area (Å²) < 4.78 is 12.7. The first kappa shape index (κ1) is 22.7. The second-order valence-corrected chi connectivity index (χ2v) is 8.92. The summed E-state index contributed by atoms with van der Waals surface area (Å²) in [7, 11) is 3.64. The van der Waals surface area contributed by atoms with Crippen LogP contribution in [-0.4, -0.2) is 40.1 Å². The maximum absolute atomic E-state index is 13.3. The van der Waals surface area contributed by atoms with Gasteiger partial charge in [0.05, 0.1) is 23.7 Å². The standard InChI is InChI=1S/C27H28N4O4/c1-30(16-18-8-4-3-5-9-18)26(33)21-11-7-6-10-20(21)25(32)29-27-28-15-22(31(27)2)19-12-13-23-24(14-19)35-17-34-23/h3-9,12-15,20-21H,10-11,16-17H2,1-2H3,(H,28,29,32). The van der Waals surface area contributed by atoms with Crippen molar-refractivity contribution in [3.63, 3.8) is 0 Å². The molecule has 3 aromatic rings. The Morgan fingerprint density at radius 2 is 1.80 bits per heavy atom. The lowest BCUT2D eigenvalue weighted by Crippen LogP contribution is -2.41. The Bertz CT molecular complexity index is 1270. The lowest BCUT2D eigenvalue weighted by atomic mass is 9.81. The summed E-state index contributed by atoms with van der Waals surface area (Å²) in [6, 6.07) is 15.5. The molecule has 5 rings (SSSR count). The van der Waals surface area contributed by atoms with Gasteiger partial charge in [0, 0.05) is 26.2 Å². The summed E-state index contributed by atoms with van der Waals surface area (Å²) >= 11 is 0. The first-order chi connectivity index (χ1) is 17.0. The van der Waals surface area contributed by atoms with E-state index in [-0.39, 0.29) is 18.6 Å². The summed E-state index contributed by atoms with van der Waals surface area (Å²) in [5.41, 5.74) is 2.79. The zero-order valence-corrected chi connectivity index (χ0v) is 19.8. The van der Waals surface area contributed by atoms with E-state index in [9.17, 15) is 9.59 Å². The van der Waals surface area contributed by atoms with Gasteiger partial charge in [-0.2, -0.15) is 0 Å². The number of benzene rings is 2. The van der Waals surface area contributed by atoms with Crippen molar-refractivity contribution >= 4 is 17.8 Å². The van der Waals surface area contributed by atoms with E-state index in [1.807, 2.05) is 72.3 Å². The lowest BCUT2D eigenvalue weighted by molar-refractivity contribution is -0.140. The van der Waals surface area contributed by atoms with E-state index >= 15 is 0 Å². The number of amides is 2. The minimum Gasteiger partial charge on any atom is -0.454 e. The number of carbonyl (C=O) groups excluding carboxylic acids is 2. The average Bonchev–Trinajstić information content (AvgIpc) is 3.50. The van der Waals surface area contributed by atoms with Gasteiger partial charge in [-0.25, -0.2) is 4.98 Å². The minimum absolute atomic E-state index is 0.0285. The molecule has 0 radical (unpaired) electrons. The van der Waals surface area contributed by atoms with Gasteiger partial charge >= 0.3 is 0 Å². The number of imidazole rings is 1. The fourth-order valence-corrected chi connectivity index (χ4v) is 4.65. The van der Waals surface area contributed by atoms with E-state index in [1.54, 1.807) is 18.1 Å². The van der Waals surface area contributed by atoms with E-state index in [1.165, 1.54) is 0 Å². The molecule has 0 fully saturated rings. The molecule has 2 heterocycles. The van der Waals surface area contributed by atoms with Crippen LogP contribution in [-0.2, 0) is 23.2 Å². The van der Waals surface area contributed by atoms with E-state index in [2.05, 4.69) is 10.3 Å². The fourth-order valence-electron chi connectivity index (χ4n) is 4.65. The smallest absolute Gasteiger partial charge is 0.231 e. The van der Waals surface area contributed by atoms with Crippen LogP contribution in [0.4, 0.5) is 5.95 Å². The molecule has 0 spiro atoms. The molecular weight excluding hydrogens is 444 g/mol. The van der Waals surface area contributed by atoms with Crippen molar-refractivity contribution in [2.45, 2.75) is 19.4 Å². The number of anilines is 1. The molecule has 8 heteroatoms. The Kier molecular flexibility index (Phi) is 6.27. The minimum atomic E-state index is -0.462. The molecule has 2 unspecified atom stereocenters. The molecule has 1 aromatic heterocycles. The van der Waals surface area contributed by atoms with E-state index < -0.39 is 11.8 Å². The quantitative estimate of drug-likeness (QED) is 0.548. The Morgan fingerprint density at radius 1 is 1.06 bits per heavy atom. The molecule has 0 bridgehead atoms. The van der Waals surface area contributed by atoms with Crippen molar-refractivity contribution in [2.75, 3.05) is 19.2 Å². The van der Waals surface area contributed by atoms with Crippen LogP contribution < -0.4 is 14.8 Å². The summed E-state index contributed by atoms with van der Waals surface area (Å²) in [6.45, 7) is 0.716. The third kappa shape index (κ3) is 4.64. The Morgan fingerprint density at radius 3 is 2.60 bits per heavy atom. The third-order valence-corrected chi connectivity index (χ3v) is 6.62.